The second kappa shape index (κ2) is 8.70. The van der Waals surface area contributed by atoms with Crippen LogP contribution in [0.25, 0.3) is 0 Å². The van der Waals surface area contributed by atoms with Gasteiger partial charge in [-0.25, -0.2) is 4.79 Å². The highest BCUT2D eigenvalue weighted by Crippen LogP contribution is 2.18. The number of hydrogen-bond acceptors (Lipinski definition) is 2. The van der Waals surface area contributed by atoms with E-state index in [0.29, 0.717) is 12.5 Å². The van der Waals surface area contributed by atoms with Crippen LogP contribution in [0.4, 0.5) is 4.79 Å². The molecule has 0 aromatic carbocycles. The maximum atomic E-state index is 11.7. The van der Waals surface area contributed by atoms with Crippen LogP contribution in [0.2, 0.25) is 0 Å². The molecule has 1 aliphatic rings. The fourth-order valence-electron chi connectivity index (χ4n) is 2.42. The summed E-state index contributed by atoms with van der Waals surface area (Å²) in [5.41, 5.74) is 1.00. The molecule has 0 aromatic heterocycles. The molecule has 1 rings (SSSR count). The molecule has 3 amide bonds. The van der Waals surface area contributed by atoms with Gasteiger partial charge in [-0.15, -0.1) is 0 Å². The molecule has 0 saturated heterocycles. The third-order valence-electron chi connectivity index (χ3n) is 3.50. The minimum atomic E-state index is -0.0827. The van der Waals surface area contributed by atoms with Crippen molar-refractivity contribution in [2.45, 2.75) is 65.5 Å². The van der Waals surface area contributed by atoms with E-state index in [9.17, 15) is 9.59 Å². The Bertz CT molecular complexity index is 379. The largest absolute Gasteiger partial charge is 0.350 e. The predicted molar refractivity (Wildman–Crippen MR) is 85.0 cm³/mol. The third kappa shape index (κ3) is 7.73. The van der Waals surface area contributed by atoms with Gasteiger partial charge < -0.3 is 16.0 Å². The first-order chi connectivity index (χ1) is 9.86. The van der Waals surface area contributed by atoms with Crippen LogP contribution in [0.5, 0.6) is 0 Å². The molecule has 5 nitrogen and oxygen atoms in total. The van der Waals surface area contributed by atoms with Gasteiger partial charge in [0.2, 0.25) is 5.91 Å². The Kier molecular flexibility index (Phi) is 7.26. The SMILES string of the molecule is CC(C)=CC(=O)NC1CCC(NC(=O)NCC(C)C)CC1. The van der Waals surface area contributed by atoms with E-state index in [1.807, 2.05) is 13.8 Å². The van der Waals surface area contributed by atoms with Crippen molar-refractivity contribution in [2.24, 2.45) is 5.92 Å². The van der Waals surface area contributed by atoms with E-state index in [1.54, 1.807) is 6.08 Å². The van der Waals surface area contributed by atoms with Gasteiger partial charge in [-0.3, -0.25) is 4.79 Å². The van der Waals surface area contributed by atoms with Gasteiger partial charge in [-0.2, -0.15) is 0 Å². The number of urea groups is 1. The van der Waals surface area contributed by atoms with Crippen LogP contribution in [0.3, 0.4) is 0 Å². The Morgan fingerprint density at radius 2 is 1.57 bits per heavy atom. The van der Waals surface area contributed by atoms with Crippen LogP contribution in [0, 0.1) is 5.92 Å². The molecule has 0 aromatic rings. The lowest BCUT2D eigenvalue weighted by Gasteiger charge is -2.29. The summed E-state index contributed by atoms with van der Waals surface area (Å²) in [5.74, 6) is 0.442. The van der Waals surface area contributed by atoms with Crippen LogP contribution < -0.4 is 16.0 Å². The molecule has 21 heavy (non-hydrogen) atoms. The first-order valence-electron chi connectivity index (χ1n) is 7.86. The standard InChI is InChI=1S/C16H29N3O2/c1-11(2)9-15(20)18-13-5-7-14(8-6-13)19-16(21)17-10-12(3)4/h9,12-14H,5-8,10H2,1-4H3,(H,18,20)(H2,17,19,21). The lowest BCUT2D eigenvalue weighted by atomic mass is 9.91. The molecule has 1 fully saturated rings. The van der Waals surface area contributed by atoms with Crippen molar-refractivity contribution in [2.75, 3.05) is 6.54 Å². The molecule has 0 radical (unpaired) electrons. The molecule has 120 valence electrons. The smallest absolute Gasteiger partial charge is 0.315 e. The molecule has 0 unspecified atom stereocenters. The van der Waals surface area contributed by atoms with Gasteiger partial charge in [-0.1, -0.05) is 19.4 Å². The van der Waals surface area contributed by atoms with Crippen molar-refractivity contribution in [3.05, 3.63) is 11.6 Å². The number of amides is 3. The predicted octanol–water partition coefficient (Wildman–Crippen LogP) is 2.34. The van der Waals surface area contributed by atoms with Crippen molar-refractivity contribution < 1.29 is 9.59 Å². The van der Waals surface area contributed by atoms with Crippen molar-refractivity contribution in [3.63, 3.8) is 0 Å². The highest BCUT2D eigenvalue weighted by molar-refractivity contribution is 5.88. The van der Waals surface area contributed by atoms with Crippen LogP contribution >= 0.6 is 0 Å². The zero-order chi connectivity index (χ0) is 15.8. The molecule has 0 spiro atoms. The number of carbonyl (C=O) groups excluding carboxylic acids is 2. The van der Waals surface area contributed by atoms with Crippen LogP contribution in [-0.4, -0.2) is 30.6 Å². The third-order valence-corrected chi connectivity index (χ3v) is 3.50. The average molecular weight is 295 g/mol. The van der Waals surface area contributed by atoms with Crippen molar-refractivity contribution in [3.8, 4) is 0 Å². The van der Waals surface area contributed by atoms with Crippen molar-refractivity contribution in [1.29, 1.82) is 0 Å². The average Bonchev–Trinajstić information content (AvgIpc) is 2.37. The normalized spacial score (nSPS) is 21.6. The van der Waals surface area contributed by atoms with Gasteiger partial charge in [0.15, 0.2) is 0 Å². The van der Waals surface area contributed by atoms with E-state index in [-0.39, 0.29) is 24.0 Å². The van der Waals surface area contributed by atoms with Crippen molar-refractivity contribution in [1.82, 2.24) is 16.0 Å². The lowest BCUT2D eigenvalue weighted by molar-refractivity contribution is -0.117. The molecule has 0 heterocycles. The molecule has 5 heteroatoms. The summed E-state index contributed by atoms with van der Waals surface area (Å²) in [7, 11) is 0. The monoisotopic (exact) mass is 295 g/mol. The Morgan fingerprint density at radius 1 is 1.05 bits per heavy atom. The minimum absolute atomic E-state index is 0.0129. The first kappa shape index (κ1) is 17.5. The van der Waals surface area contributed by atoms with E-state index in [1.165, 1.54) is 0 Å². The number of rotatable bonds is 5. The number of carbonyl (C=O) groups is 2. The van der Waals surface area contributed by atoms with Crippen LogP contribution in [0.15, 0.2) is 11.6 Å². The Balaban J connectivity index is 2.24. The van der Waals surface area contributed by atoms with Crippen LogP contribution in [-0.2, 0) is 4.79 Å². The molecule has 1 saturated carbocycles. The molecule has 1 aliphatic carbocycles. The topological polar surface area (TPSA) is 70.2 Å². The molecular weight excluding hydrogens is 266 g/mol. The summed E-state index contributed by atoms with van der Waals surface area (Å²) in [6.07, 6.45) is 5.28. The van der Waals surface area contributed by atoms with E-state index < -0.39 is 0 Å². The van der Waals surface area contributed by atoms with E-state index in [4.69, 9.17) is 0 Å². The molecule has 0 bridgehead atoms. The quantitative estimate of drug-likeness (QED) is 0.681. The number of hydrogen-bond donors (Lipinski definition) is 3. The minimum Gasteiger partial charge on any atom is -0.350 e. The summed E-state index contributed by atoms with van der Waals surface area (Å²) < 4.78 is 0. The van der Waals surface area contributed by atoms with Gasteiger partial charge in [0.1, 0.15) is 0 Å². The molecule has 0 aliphatic heterocycles. The highest BCUT2D eigenvalue weighted by atomic mass is 16.2. The van der Waals surface area contributed by atoms with Gasteiger partial charge in [-0.05, 0) is 45.4 Å². The van der Waals surface area contributed by atoms with E-state index >= 15 is 0 Å². The second-order valence-corrected chi connectivity index (χ2v) is 6.53. The van der Waals surface area contributed by atoms with Crippen LogP contribution in [0.1, 0.15) is 53.4 Å². The van der Waals surface area contributed by atoms with Gasteiger partial charge >= 0.3 is 6.03 Å². The molecule has 0 atom stereocenters. The fraction of sp³-hybridized carbons (Fsp3) is 0.750. The number of nitrogens with one attached hydrogen (secondary N) is 3. The summed E-state index contributed by atoms with van der Waals surface area (Å²) >= 11 is 0. The Hall–Kier alpha value is -1.52. The lowest BCUT2D eigenvalue weighted by Crippen LogP contribution is -2.47. The second-order valence-electron chi connectivity index (χ2n) is 6.53. The highest BCUT2D eigenvalue weighted by Gasteiger charge is 2.23. The molecule has 3 N–H and O–H groups in total. The Labute approximate surface area is 127 Å². The van der Waals surface area contributed by atoms with Crippen molar-refractivity contribution >= 4 is 11.9 Å². The Morgan fingerprint density at radius 3 is 2.05 bits per heavy atom. The molecular formula is C16H29N3O2. The van der Waals surface area contributed by atoms with Gasteiger partial charge in [0.25, 0.3) is 0 Å². The summed E-state index contributed by atoms with van der Waals surface area (Å²) in [4.78, 5) is 23.4. The summed E-state index contributed by atoms with van der Waals surface area (Å²) in [6.45, 7) is 8.66. The summed E-state index contributed by atoms with van der Waals surface area (Å²) in [6, 6.07) is 0.361. The fourth-order valence-corrected chi connectivity index (χ4v) is 2.42. The zero-order valence-corrected chi connectivity index (χ0v) is 13.7. The number of allylic oxidation sites excluding steroid dienone is 1. The maximum Gasteiger partial charge on any atom is 0.315 e. The summed E-state index contributed by atoms with van der Waals surface area (Å²) in [5, 5.41) is 8.89. The van der Waals surface area contributed by atoms with Gasteiger partial charge in [0.05, 0.1) is 0 Å². The first-order valence-corrected chi connectivity index (χ1v) is 7.86. The zero-order valence-electron chi connectivity index (χ0n) is 13.7. The van der Waals surface area contributed by atoms with Gasteiger partial charge in [0, 0.05) is 24.7 Å². The van der Waals surface area contributed by atoms with E-state index in [2.05, 4.69) is 29.8 Å². The maximum absolute atomic E-state index is 11.7. The van der Waals surface area contributed by atoms with E-state index in [0.717, 1.165) is 31.3 Å².